The lowest BCUT2D eigenvalue weighted by Crippen LogP contribution is -2.14. The maximum absolute atomic E-state index is 12.9. The number of aryl methyl sites for hydroxylation is 2. The molecule has 1 aromatic heterocycles. The zero-order valence-corrected chi connectivity index (χ0v) is 17.1. The predicted molar refractivity (Wildman–Crippen MR) is 111 cm³/mol. The van der Waals surface area contributed by atoms with Gasteiger partial charge in [-0.15, -0.1) is 10.2 Å². The summed E-state index contributed by atoms with van der Waals surface area (Å²) in [5.41, 5.74) is 4.36. The smallest absolute Gasteiger partial charge is 0.191 e. The van der Waals surface area contributed by atoms with Crippen molar-refractivity contribution < 1.29 is 9.53 Å². The molecule has 0 N–H and O–H groups in total. The molecule has 1 heterocycles. The van der Waals surface area contributed by atoms with Crippen LogP contribution < -0.4 is 4.74 Å². The molecule has 0 saturated heterocycles. The number of rotatable bonds is 6. The first-order valence-corrected chi connectivity index (χ1v) is 10.3. The van der Waals surface area contributed by atoms with E-state index >= 15 is 0 Å². The van der Waals surface area contributed by atoms with Gasteiger partial charge < -0.3 is 9.30 Å². The Balaban J connectivity index is 1.54. The van der Waals surface area contributed by atoms with Crippen LogP contribution in [0.3, 0.4) is 0 Å². The summed E-state index contributed by atoms with van der Waals surface area (Å²) in [4.78, 5) is 12.9. The normalized spacial score (nSPS) is 14.0. The molecule has 0 fully saturated rings. The van der Waals surface area contributed by atoms with Gasteiger partial charge in [0.1, 0.15) is 5.75 Å². The van der Waals surface area contributed by atoms with E-state index < -0.39 is 0 Å². The summed E-state index contributed by atoms with van der Waals surface area (Å²) >= 11 is 1.43. The van der Waals surface area contributed by atoms with E-state index in [0.29, 0.717) is 5.16 Å². The van der Waals surface area contributed by atoms with Crippen molar-refractivity contribution in [3.8, 4) is 17.1 Å². The third kappa shape index (κ3) is 3.44. The number of hydrogen-bond acceptors (Lipinski definition) is 5. The largest absolute Gasteiger partial charge is 0.496 e. The zero-order valence-electron chi connectivity index (χ0n) is 16.3. The van der Waals surface area contributed by atoms with Crippen molar-refractivity contribution in [2.24, 2.45) is 7.05 Å². The van der Waals surface area contributed by atoms with Crippen LogP contribution in [0.25, 0.3) is 11.4 Å². The number of carbonyl (C=O) groups excluding carboxylic acids is 1. The van der Waals surface area contributed by atoms with E-state index in [9.17, 15) is 4.79 Å². The number of ketones is 1. The zero-order chi connectivity index (χ0) is 19.7. The van der Waals surface area contributed by atoms with Crippen molar-refractivity contribution in [2.75, 3.05) is 7.11 Å². The molecule has 4 rings (SSSR count). The van der Waals surface area contributed by atoms with Gasteiger partial charge in [0.25, 0.3) is 0 Å². The molecule has 1 atom stereocenters. The Bertz CT molecular complexity index is 1030. The van der Waals surface area contributed by atoms with E-state index in [0.717, 1.165) is 35.5 Å². The molecular formula is C22H23N3O2S. The fourth-order valence-corrected chi connectivity index (χ4v) is 4.54. The Kier molecular flexibility index (Phi) is 5.22. The first kappa shape index (κ1) is 18.7. The number of methoxy groups -OCH3 is 1. The third-order valence-corrected chi connectivity index (χ3v) is 6.35. The van der Waals surface area contributed by atoms with Gasteiger partial charge in [-0.25, -0.2) is 0 Å². The molecule has 0 aliphatic heterocycles. The lowest BCUT2D eigenvalue weighted by atomic mass is 10.0. The van der Waals surface area contributed by atoms with Crippen LogP contribution in [-0.2, 0) is 19.9 Å². The highest BCUT2D eigenvalue weighted by molar-refractivity contribution is 8.00. The summed E-state index contributed by atoms with van der Waals surface area (Å²) in [7, 11) is 3.55. The third-order valence-electron chi connectivity index (χ3n) is 5.22. The van der Waals surface area contributed by atoms with Crippen LogP contribution >= 0.6 is 11.8 Å². The van der Waals surface area contributed by atoms with E-state index in [1.54, 1.807) is 7.11 Å². The van der Waals surface area contributed by atoms with Gasteiger partial charge in [0, 0.05) is 12.6 Å². The highest BCUT2D eigenvalue weighted by Gasteiger charge is 2.22. The van der Waals surface area contributed by atoms with E-state index in [2.05, 4.69) is 22.3 Å². The first-order valence-electron chi connectivity index (χ1n) is 9.44. The average Bonchev–Trinajstić information content (AvgIpc) is 3.33. The molecular weight excluding hydrogens is 370 g/mol. The van der Waals surface area contributed by atoms with E-state index in [4.69, 9.17) is 4.74 Å². The molecule has 3 aromatic rings. The summed E-state index contributed by atoms with van der Waals surface area (Å²) in [6.07, 6.45) is 3.38. The van der Waals surface area contributed by atoms with Gasteiger partial charge in [0.2, 0.25) is 0 Å². The topological polar surface area (TPSA) is 57.0 Å². The summed E-state index contributed by atoms with van der Waals surface area (Å²) in [5, 5.41) is 9.11. The average molecular weight is 394 g/mol. The molecule has 1 aliphatic carbocycles. The second-order valence-corrected chi connectivity index (χ2v) is 8.33. The summed E-state index contributed by atoms with van der Waals surface area (Å²) < 4.78 is 7.35. The molecule has 0 unspecified atom stereocenters. The maximum atomic E-state index is 12.9. The summed E-state index contributed by atoms with van der Waals surface area (Å²) in [6.45, 7) is 1.93. The van der Waals surface area contributed by atoms with Crippen LogP contribution in [0.15, 0.2) is 47.6 Å². The highest BCUT2D eigenvalue weighted by atomic mass is 32.2. The predicted octanol–water partition coefficient (Wildman–Crippen LogP) is 4.34. The van der Waals surface area contributed by atoms with Gasteiger partial charge >= 0.3 is 0 Å². The molecule has 0 bridgehead atoms. The van der Waals surface area contributed by atoms with Crippen molar-refractivity contribution in [3.63, 3.8) is 0 Å². The number of Topliss-reactive ketones (excluding diaryl/α,β-unsaturated/α-hetero) is 1. The standard InChI is InChI=1S/C22H23N3O2S/c1-14(20(26)17-12-11-15-7-6-8-16(15)13-17)28-22-24-23-21(25(22)2)18-9-4-5-10-19(18)27-3/h4-5,9-14H,6-8H2,1-3H3/t14-/m0/s1. The number of ether oxygens (including phenoxy) is 1. The van der Waals surface area contributed by atoms with Crippen molar-refractivity contribution in [1.82, 2.24) is 14.8 Å². The van der Waals surface area contributed by atoms with Crippen molar-refractivity contribution in [1.29, 1.82) is 0 Å². The Morgan fingerprint density at radius 3 is 2.75 bits per heavy atom. The van der Waals surface area contributed by atoms with Gasteiger partial charge in [-0.3, -0.25) is 4.79 Å². The van der Waals surface area contributed by atoms with E-state index in [1.165, 1.54) is 29.3 Å². The van der Waals surface area contributed by atoms with E-state index in [-0.39, 0.29) is 11.0 Å². The summed E-state index contributed by atoms with van der Waals surface area (Å²) in [5.74, 6) is 1.59. The van der Waals surface area contributed by atoms with Crippen molar-refractivity contribution in [3.05, 3.63) is 59.2 Å². The van der Waals surface area contributed by atoms with Crippen LogP contribution in [0, 0.1) is 0 Å². The number of para-hydroxylation sites is 1. The minimum absolute atomic E-state index is 0.126. The Hall–Kier alpha value is -2.60. The van der Waals surface area contributed by atoms with Crippen molar-refractivity contribution in [2.45, 2.75) is 36.6 Å². The Morgan fingerprint density at radius 2 is 1.93 bits per heavy atom. The lowest BCUT2D eigenvalue weighted by molar-refractivity contribution is 0.0993. The highest BCUT2D eigenvalue weighted by Crippen LogP contribution is 2.32. The number of aromatic nitrogens is 3. The first-order chi connectivity index (χ1) is 13.6. The van der Waals surface area contributed by atoms with Crippen LogP contribution in [-0.4, -0.2) is 32.9 Å². The Labute approximate surface area is 169 Å². The number of benzene rings is 2. The number of nitrogens with zero attached hydrogens (tertiary/aromatic N) is 3. The number of thioether (sulfide) groups is 1. The van der Waals surface area contributed by atoms with Crippen LogP contribution in [0.2, 0.25) is 0 Å². The minimum Gasteiger partial charge on any atom is -0.496 e. The molecule has 5 nitrogen and oxygen atoms in total. The van der Waals surface area contributed by atoms with Gasteiger partial charge in [-0.05, 0) is 55.5 Å². The van der Waals surface area contributed by atoms with Gasteiger partial charge in [-0.2, -0.15) is 0 Å². The van der Waals surface area contributed by atoms with Crippen LogP contribution in [0.4, 0.5) is 0 Å². The second kappa shape index (κ2) is 7.80. The fraction of sp³-hybridized carbons (Fsp3) is 0.318. The molecule has 28 heavy (non-hydrogen) atoms. The molecule has 144 valence electrons. The maximum Gasteiger partial charge on any atom is 0.191 e. The molecule has 0 radical (unpaired) electrons. The van der Waals surface area contributed by atoms with E-state index in [1.807, 2.05) is 48.9 Å². The minimum atomic E-state index is -0.243. The fourth-order valence-electron chi connectivity index (χ4n) is 3.65. The molecule has 0 spiro atoms. The molecule has 0 saturated carbocycles. The molecule has 2 aromatic carbocycles. The second-order valence-electron chi connectivity index (χ2n) is 7.03. The number of hydrogen-bond donors (Lipinski definition) is 0. The van der Waals surface area contributed by atoms with Gasteiger partial charge in [-0.1, -0.05) is 36.0 Å². The summed E-state index contributed by atoms with van der Waals surface area (Å²) in [6, 6.07) is 13.9. The van der Waals surface area contributed by atoms with Crippen LogP contribution in [0.5, 0.6) is 5.75 Å². The SMILES string of the molecule is COc1ccccc1-c1nnc(S[C@@H](C)C(=O)c2ccc3c(c2)CCC3)n1C. The lowest BCUT2D eigenvalue weighted by Gasteiger charge is -2.12. The monoisotopic (exact) mass is 393 g/mol. The van der Waals surface area contributed by atoms with Crippen molar-refractivity contribution >= 4 is 17.5 Å². The van der Waals surface area contributed by atoms with Crippen LogP contribution in [0.1, 0.15) is 34.8 Å². The number of carbonyl (C=O) groups is 1. The number of fused-ring (bicyclic) bond motifs is 1. The molecule has 1 aliphatic rings. The molecule has 6 heteroatoms. The molecule has 0 amide bonds. The van der Waals surface area contributed by atoms with Gasteiger partial charge in [0.15, 0.2) is 16.8 Å². The quantitative estimate of drug-likeness (QED) is 0.460. The van der Waals surface area contributed by atoms with Gasteiger partial charge in [0.05, 0.1) is 17.9 Å². The Morgan fingerprint density at radius 1 is 1.14 bits per heavy atom.